The zero-order valence-electron chi connectivity index (χ0n) is 37.6. The van der Waals surface area contributed by atoms with Crippen molar-refractivity contribution in [3.05, 3.63) is 162 Å². The quantitative estimate of drug-likeness (QED) is 0.155. The lowest BCUT2D eigenvalue weighted by Gasteiger charge is -2.42. The highest BCUT2D eigenvalue weighted by Gasteiger charge is 2.46. The zero-order valence-corrected chi connectivity index (χ0v) is 37.6. The number of hydrogen-bond acceptors (Lipinski definition) is 3. The molecule has 5 heterocycles. The summed E-state index contributed by atoms with van der Waals surface area (Å²) >= 11 is 0. The smallest absolute Gasteiger partial charge is 0.333 e. The zero-order chi connectivity index (χ0) is 43.3. The van der Waals surface area contributed by atoms with Gasteiger partial charge in [-0.1, -0.05) is 140 Å². The summed E-state index contributed by atoms with van der Waals surface area (Å²) in [6.45, 7) is 18.4. The molecule has 0 fully saturated rings. The van der Waals surface area contributed by atoms with Gasteiger partial charge in [0, 0.05) is 66.4 Å². The highest BCUT2D eigenvalue weighted by Crippen LogP contribution is 2.52. The summed E-state index contributed by atoms with van der Waals surface area (Å²) < 4.78 is 16.1. The van der Waals surface area contributed by atoms with Crippen molar-refractivity contribution in [3.63, 3.8) is 0 Å². The number of furan rings is 2. The maximum Gasteiger partial charge on any atom is 0.333 e. The molecule has 3 aliphatic rings. The number of benzene rings is 8. The molecule has 0 saturated heterocycles. The number of anilines is 2. The largest absolute Gasteiger partial charge is 0.456 e. The average Bonchev–Trinajstić information content (AvgIpc) is 3.99. The van der Waals surface area contributed by atoms with E-state index in [1.165, 1.54) is 88.8 Å². The van der Waals surface area contributed by atoms with E-state index in [1.54, 1.807) is 0 Å². The maximum absolute atomic E-state index is 6.86. The molecule has 11 aromatic rings. The van der Waals surface area contributed by atoms with Crippen LogP contribution in [0.25, 0.3) is 93.6 Å². The van der Waals surface area contributed by atoms with Gasteiger partial charge in [-0.2, -0.15) is 0 Å². The topological polar surface area (TPSA) is 34.5 Å². The van der Waals surface area contributed by atoms with Crippen LogP contribution in [0.1, 0.15) is 77.6 Å². The molecule has 3 aromatic heterocycles. The molecule has 0 unspecified atom stereocenters. The fourth-order valence-electron chi connectivity index (χ4n) is 11.9. The molecule has 0 spiro atoms. The van der Waals surface area contributed by atoms with Crippen molar-refractivity contribution >= 4 is 94.8 Å². The third-order valence-corrected chi connectivity index (χ3v) is 15.3. The number of hydrogen-bond donors (Lipinski definition) is 0. The lowest BCUT2D eigenvalue weighted by Crippen LogP contribution is -2.60. The van der Waals surface area contributed by atoms with Crippen LogP contribution in [0.15, 0.2) is 148 Å². The minimum absolute atomic E-state index is 0.00677. The normalized spacial score (nSPS) is 14.9. The van der Waals surface area contributed by atoms with Crippen LogP contribution < -0.4 is 15.7 Å². The molecule has 8 aromatic carbocycles. The van der Waals surface area contributed by atoms with Crippen molar-refractivity contribution in [2.24, 2.45) is 0 Å². The van der Waals surface area contributed by atoms with Gasteiger partial charge in [0.05, 0.1) is 11.0 Å². The van der Waals surface area contributed by atoms with E-state index in [2.05, 4.69) is 204 Å². The number of para-hydroxylation sites is 1. The second-order valence-electron chi connectivity index (χ2n) is 21.3. The molecule has 0 saturated carbocycles. The molecule has 5 heteroatoms. The second kappa shape index (κ2) is 11.8. The first-order chi connectivity index (χ1) is 30.7. The molecule has 64 heavy (non-hydrogen) atoms. The highest BCUT2D eigenvalue weighted by atomic mass is 16.3. The van der Waals surface area contributed by atoms with Gasteiger partial charge in [0.25, 0.3) is 0 Å². The third kappa shape index (κ3) is 4.59. The standard InChI is InChI=1S/C59H47BN2O2/c1-57(2,3)32-17-20-34(21-18-32)62-49-28-44-37-22-19-33(58(4,5)6)25-52(37)64-53(44)29-42(49)38-23-24-39-41-26-43-36-14-10-12-16-51(36)63-54(43)31-48(41)61-50-27-40-35-13-9-11-15-45(35)59(7,8)46(40)30-47(50)60(62)55(38)56(39)61/h9-31H,1-8H3. The molecular weight excluding hydrogens is 779 g/mol. The summed E-state index contributed by atoms with van der Waals surface area (Å²) in [5.41, 5.74) is 22.6. The summed E-state index contributed by atoms with van der Waals surface area (Å²) in [5, 5.41) is 7.07. The van der Waals surface area contributed by atoms with Crippen LogP contribution in [-0.4, -0.2) is 11.4 Å². The van der Waals surface area contributed by atoms with Crippen LogP contribution in [0.4, 0.5) is 11.4 Å². The first kappa shape index (κ1) is 36.5. The van der Waals surface area contributed by atoms with E-state index >= 15 is 0 Å². The van der Waals surface area contributed by atoms with Crippen molar-refractivity contribution in [2.45, 2.75) is 71.6 Å². The van der Waals surface area contributed by atoms with Gasteiger partial charge in [-0.05, 0) is 109 Å². The molecule has 14 rings (SSSR count). The van der Waals surface area contributed by atoms with Crippen LogP contribution in [0, 0.1) is 0 Å². The lowest BCUT2D eigenvalue weighted by molar-refractivity contribution is 0.587. The fourth-order valence-corrected chi connectivity index (χ4v) is 11.9. The van der Waals surface area contributed by atoms with E-state index in [1.807, 2.05) is 0 Å². The van der Waals surface area contributed by atoms with Gasteiger partial charge in [0.15, 0.2) is 0 Å². The van der Waals surface area contributed by atoms with Crippen molar-refractivity contribution in [1.29, 1.82) is 0 Å². The molecule has 2 aliphatic heterocycles. The van der Waals surface area contributed by atoms with Crippen LogP contribution in [0.3, 0.4) is 0 Å². The molecule has 4 nitrogen and oxygen atoms in total. The van der Waals surface area contributed by atoms with Gasteiger partial charge in [-0.3, -0.25) is 0 Å². The van der Waals surface area contributed by atoms with Crippen molar-refractivity contribution in [3.8, 4) is 27.9 Å². The van der Waals surface area contributed by atoms with Crippen LogP contribution >= 0.6 is 0 Å². The van der Waals surface area contributed by atoms with Gasteiger partial charge in [-0.15, -0.1) is 0 Å². The van der Waals surface area contributed by atoms with E-state index in [0.29, 0.717) is 0 Å². The van der Waals surface area contributed by atoms with Gasteiger partial charge in [0.2, 0.25) is 0 Å². The van der Waals surface area contributed by atoms with Gasteiger partial charge in [-0.25, -0.2) is 0 Å². The number of nitrogens with zero attached hydrogens (tertiary/aromatic N) is 2. The Kier molecular flexibility index (Phi) is 6.72. The Labute approximate surface area is 372 Å². The number of fused-ring (bicyclic) bond motifs is 17. The second-order valence-corrected chi connectivity index (χ2v) is 21.3. The van der Waals surface area contributed by atoms with Gasteiger partial charge >= 0.3 is 6.85 Å². The Bertz CT molecular complexity index is 3900. The lowest BCUT2D eigenvalue weighted by atomic mass is 9.43. The number of aromatic nitrogens is 1. The van der Waals surface area contributed by atoms with Gasteiger partial charge in [0.1, 0.15) is 22.3 Å². The molecule has 1 aliphatic carbocycles. The van der Waals surface area contributed by atoms with Crippen LogP contribution in [-0.2, 0) is 16.2 Å². The minimum Gasteiger partial charge on any atom is -0.456 e. The SMILES string of the molecule is CC(C)(C)c1ccc(N2B3c4cc5c(cc4-n4c6cc7oc8ccccc8c7cc6c6ccc(c3c64)-c3cc4oc6cc(C(C)(C)C)ccc6c4cc32)-c2ccccc2C5(C)C)cc1. The molecule has 0 bridgehead atoms. The monoisotopic (exact) mass is 826 g/mol. The molecule has 0 amide bonds. The van der Waals surface area contributed by atoms with Crippen LogP contribution in [0.2, 0.25) is 0 Å². The Morgan fingerprint density at radius 1 is 0.469 bits per heavy atom. The van der Waals surface area contributed by atoms with Crippen LogP contribution in [0.5, 0.6) is 0 Å². The summed E-state index contributed by atoms with van der Waals surface area (Å²) in [6.07, 6.45) is 0. The highest BCUT2D eigenvalue weighted by molar-refractivity contribution is 6.93. The molecular formula is C59H47BN2O2. The van der Waals surface area contributed by atoms with Crippen molar-refractivity contribution in [1.82, 2.24) is 4.57 Å². The van der Waals surface area contributed by atoms with E-state index in [9.17, 15) is 0 Å². The molecule has 0 radical (unpaired) electrons. The van der Waals surface area contributed by atoms with E-state index < -0.39 is 0 Å². The van der Waals surface area contributed by atoms with Gasteiger partial charge < -0.3 is 18.2 Å². The minimum atomic E-state index is -0.172. The Morgan fingerprint density at radius 2 is 1.14 bits per heavy atom. The molecule has 308 valence electrons. The summed E-state index contributed by atoms with van der Waals surface area (Å²) in [5.74, 6) is 0. The first-order valence-electron chi connectivity index (χ1n) is 22.9. The Morgan fingerprint density at radius 3 is 1.95 bits per heavy atom. The molecule has 0 N–H and O–H groups in total. The van der Waals surface area contributed by atoms with E-state index in [-0.39, 0.29) is 23.1 Å². The summed E-state index contributed by atoms with van der Waals surface area (Å²) in [6, 6.07) is 53.0. The van der Waals surface area contributed by atoms with E-state index in [4.69, 9.17) is 8.83 Å². The number of rotatable bonds is 1. The fraction of sp³-hybridized carbons (Fsp3) is 0.186. The van der Waals surface area contributed by atoms with E-state index in [0.717, 1.165) is 49.4 Å². The maximum atomic E-state index is 6.86. The third-order valence-electron chi connectivity index (χ3n) is 15.3. The average molecular weight is 827 g/mol. The summed E-state index contributed by atoms with van der Waals surface area (Å²) in [7, 11) is 0. The Hall–Kier alpha value is -6.98. The van der Waals surface area contributed by atoms with Crippen molar-refractivity contribution in [2.75, 3.05) is 4.81 Å². The summed E-state index contributed by atoms with van der Waals surface area (Å²) in [4.78, 5) is 2.66. The molecule has 0 atom stereocenters. The predicted molar refractivity (Wildman–Crippen MR) is 269 cm³/mol. The first-order valence-corrected chi connectivity index (χ1v) is 22.9. The Balaban J connectivity index is 1.14. The predicted octanol–water partition coefficient (Wildman–Crippen LogP) is 14.7. The van der Waals surface area contributed by atoms with Crippen molar-refractivity contribution < 1.29 is 8.83 Å².